The van der Waals surface area contributed by atoms with Crippen LogP contribution in [0, 0.1) is 6.92 Å². The number of methoxy groups -OCH3 is 1. The number of hydrogen-bond donors (Lipinski definition) is 1. The summed E-state index contributed by atoms with van der Waals surface area (Å²) in [5, 5.41) is 0. The van der Waals surface area contributed by atoms with Gasteiger partial charge < -0.3 is 9.64 Å². The zero-order chi connectivity index (χ0) is 22.0. The smallest absolute Gasteiger partial charge is 0.265 e. The number of carbonyl (C=O) groups is 1. The Balaban J connectivity index is 1.58. The molecule has 0 bridgehead atoms. The van der Waals surface area contributed by atoms with Crippen LogP contribution in [0.3, 0.4) is 0 Å². The molecule has 1 amide bonds. The zero-order valence-electron chi connectivity index (χ0n) is 17.5. The minimum atomic E-state index is -3.83. The van der Waals surface area contributed by atoms with Crippen LogP contribution in [-0.2, 0) is 23.0 Å². The van der Waals surface area contributed by atoms with Crippen LogP contribution in [0.5, 0.6) is 5.75 Å². The van der Waals surface area contributed by atoms with E-state index in [2.05, 4.69) is 4.72 Å². The van der Waals surface area contributed by atoms with Crippen LogP contribution in [0.25, 0.3) is 0 Å². The fourth-order valence-electron chi connectivity index (χ4n) is 3.76. The summed E-state index contributed by atoms with van der Waals surface area (Å²) in [5.74, 6) is 0.262. The summed E-state index contributed by atoms with van der Waals surface area (Å²) in [6.07, 6.45) is 0.729. The van der Waals surface area contributed by atoms with Crippen LogP contribution < -0.4 is 9.46 Å². The Kier molecular flexibility index (Phi) is 5.69. The number of aryl methyl sites for hydroxylation is 1. The molecule has 1 aliphatic rings. The van der Waals surface area contributed by atoms with Gasteiger partial charge in [0.1, 0.15) is 10.6 Å². The zero-order valence-corrected chi connectivity index (χ0v) is 18.3. The second kappa shape index (κ2) is 8.43. The number of ether oxygens (including phenoxy) is 1. The maximum Gasteiger partial charge on any atom is 0.265 e. The molecule has 4 rings (SSSR count). The topological polar surface area (TPSA) is 75.7 Å². The van der Waals surface area contributed by atoms with E-state index in [1.807, 2.05) is 31.2 Å². The summed E-state index contributed by atoms with van der Waals surface area (Å²) in [5.41, 5.74) is 3.98. The molecule has 160 valence electrons. The summed E-state index contributed by atoms with van der Waals surface area (Å²) in [7, 11) is -2.39. The lowest BCUT2D eigenvalue weighted by molar-refractivity contribution is 0.0734. The van der Waals surface area contributed by atoms with Crippen molar-refractivity contribution in [2.24, 2.45) is 0 Å². The minimum absolute atomic E-state index is 0.0262. The number of sulfonamides is 1. The lowest BCUT2D eigenvalue weighted by Gasteiger charge is -2.29. The molecule has 1 aliphatic heterocycles. The van der Waals surface area contributed by atoms with Gasteiger partial charge >= 0.3 is 0 Å². The van der Waals surface area contributed by atoms with Crippen molar-refractivity contribution in [1.29, 1.82) is 0 Å². The number of anilines is 1. The first kappa shape index (κ1) is 20.9. The SMILES string of the molecule is COc1ccc(C)cc1S(=O)(=O)Nc1ccc2c(c1)CN(C(=O)c1ccccc1)CC2. The number of carbonyl (C=O) groups excluding carboxylic acids is 1. The molecule has 0 fully saturated rings. The predicted octanol–water partition coefficient (Wildman–Crippen LogP) is 4.00. The monoisotopic (exact) mass is 436 g/mol. The maximum atomic E-state index is 13.0. The second-order valence-corrected chi connectivity index (χ2v) is 9.24. The molecule has 31 heavy (non-hydrogen) atoms. The maximum absolute atomic E-state index is 13.0. The lowest BCUT2D eigenvalue weighted by Crippen LogP contribution is -2.36. The van der Waals surface area contributed by atoms with Crippen molar-refractivity contribution in [2.75, 3.05) is 18.4 Å². The molecule has 0 unspecified atom stereocenters. The first-order chi connectivity index (χ1) is 14.9. The van der Waals surface area contributed by atoms with E-state index in [0.29, 0.717) is 24.3 Å². The highest BCUT2D eigenvalue weighted by molar-refractivity contribution is 7.92. The van der Waals surface area contributed by atoms with E-state index in [1.165, 1.54) is 7.11 Å². The summed E-state index contributed by atoms with van der Waals surface area (Å²) in [6, 6.07) is 19.7. The fraction of sp³-hybridized carbons (Fsp3) is 0.208. The van der Waals surface area contributed by atoms with Gasteiger partial charge in [0.15, 0.2) is 0 Å². The molecule has 0 radical (unpaired) electrons. The Morgan fingerprint density at radius 1 is 1.00 bits per heavy atom. The summed E-state index contributed by atoms with van der Waals surface area (Å²) in [6.45, 7) is 2.90. The summed E-state index contributed by atoms with van der Waals surface area (Å²) in [4.78, 5) is 14.7. The van der Waals surface area contributed by atoms with Crippen molar-refractivity contribution in [3.05, 3.63) is 89.0 Å². The molecule has 0 saturated heterocycles. The molecule has 3 aromatic rings. The Labute approximate surface area is 182 Å². The highest BCUT2D eigenvalue weighted by Gasteiger charge is 2.24. The average molecular weight is 437 g/mol. The van der Waals surface area contributed by atoms with Gasteiger partial charge in [-0.1, -0.05) is 30.3 Å². The average Bonchev–Trinajstić information content (AvgIpc) is 2.78. The highest BCUT2D eigenvalue weighted by atomic mass is 32.2. The van der Waals surface area contributed by atoms with Gasteiger partial charge in [-0.25, -0.2) is 8.42 Å². The molecule has 1 heterocycles. The standard InChI is InChI=1S/C24H24N2O4S/c1-17-8-11-22(30-2)23(14-17)31(28,29)25-21-10-9-18-12-13-26(16-20(18)15-21)24(27)19-6-4-3-5-7-19/h3-11,14-15,25H,12-13,16H2,1-2H3. The van der Waals surface area contributed by atoms with E-state index in [1.54, 1.807) is 47.4 Å². The molecule has 0 saturated carbocycles. The van der Waals surface area contributed by atoms with Crippen molar-refractivity contribution < 1.29 is 17.9 Å². The van der Waals surface area contributed by atoms with Crippen LogP contribution >= 0.6 is 0 Å². The molecule has 7 heteroatoms. The number of fused-ring (bicyclic) bond motifs is 1. The number of rotatable bonds is 5. The van der Waals surface area contributed by atoms with E-state index < -0.39 is 10.0 Å². The lowest BCUT2D eigenvalue weighted by atomic mass is 9.98. The van der Waals surface area contributed by atoms with Gasteiger partial charge in [0.05, 0.1) is 7.11 Å². The van der Waals surface area contributed by atoms with Gasteiger partial charge in [-0.3, -0.25) is 9.52 Å². The van der Waals surface area contributed by atoms with E-state index in [-0.39, 0.29) is 16.6 Å². The molecule has 0 aromatic heterocycles. The van der Waals surface area contributed by atoms with Crippen LogP contribution in [0.4, 0.5) is 5.69 Å². The Hall–Kier alpha value is -3.32. The van der Waals surface area contributed by atoms with Gasteiger partial charge in [-0.05, 0) is 66.4 Å². The van der Waals surface area contributed by atoms with Gasteiger partial charge in [0.25, 0.3) is 15.9 Å². The summed E-state index contributed by atoms with van der Waals surface area (Å²) < 4.78 is 33.9. The number of hydrogen-bond acceptors (Lipinski definition) is 4. The van der Waals surface area contributed by atoms with Crippen LogP contribution in [-0.4, -0.2) is 32.9 Å². The van der Waals surface area contributed by atoms with Gasteiger partial charge in [-0.15, -0.1) is 0 Å². The van der Waals surface area contributed by atoms with Crippen molar-refractivity contribution in [2.45, 2.75) is 24.8 Å². The van der Waals surface area contributed by atoms with Crippen LogP contribution in [0.2, 0.25) is 0 Å². The highest BCUT2D eigenvalue weighted by Crippen LogP contribution is 2.29. The molecular weight excluding hydrogens is 412 g/mol. The van der Waals surface area contributed by atoms with E-state index in [9.17, 15) is 13.2 Å². The fourth-order valence-corrected chi connectivity index (χ4v) is 5.07. The second-order valence-electron chi connectivity index (χ2n) is 7.59. The first-order valence-electron chi connectivity index (χ1n) is 10.0. The quantitative estimate of drug-likeness (QED) is 0.656. The van der Waals surface area contributed by atoms with E-state index in [4.69, 9.17) is 4.74 Å². The molecular formula is C24H24N2O4S. The largest absolute Gasteiger partial charge is 0.495 e. The third kappa shape index (κ3) is 4.41. The van der Waals surface area contributed by atoms with Crippen molar-refractivity contribution in [1.82, 2.24) is 4.90 Å². The van der Waals surface area contributed by atoms with Crippen LogP contribution in [0.1, 0.15) is 27.0 Å². The molecule has 6 nitrogen and oxygen atoms in total. The number of nitrogens with one attached hydrogen (secondary N) is 1. The van der Waals surface area contributed by atoms with Gasteiger partial charge in [0.2, 0.25) is 0 Å². The number of amides is 1. The van der Waals surface area contributed by atoms with Crippen LogP contribution in [0.15, 0.2) is 71.6 Å². The molecule has 0 spiro atoms. The number of nitrogens with zero attached hydrogens (tertiary/aromatic N) is 1. The minimum Gasteiger partial charge on any atom is -0.495 e. The molecule has 0 aliphatic carbocycles. The van der Waals surface area contributed by atoms with Crippen molar-refractivity contribution in [3.63, 3.8) is 0 Å². The molecule has 3 aromatic carbocycles. The van der Waals surface area contributed by atoms with E-state index in [0.717, 1.165) is 23.1 Å². The molecule has 0 atom stereocenters. The normalized spacial score (nSPS) is 13.4. The Morgan fingerprint density at radius 2 is 1.77 bits per heavy atom. The summed E-state index contributed by atoms with van der Waals surface area (Å²) >= 11 is 0. The molecule has 1 N–H and O–H groups in total. The third-order valence-electron chi connectivity index (χ3n) is 5.39. The predicted molar refractivity (Wildman–Crippen MR) is 120 cm³/mol. The van der Waals surface area contributed by atoms with E-state index >= 15 is 0 Å². The Bertz CT molecular complexity index is 1220. The first-order valence-corrected chi connectivity index (χ1v) is 11.5. The van der Waals surface area contributed by atoms with Gasteiger partial charge in [-0.2, -0.15) is 0 Å². The van der Waals surface area contributed by atoms with Gasteiger partial charge in [0, 0.05) is 24.3 Å². The van der Waals surface area contributed by atoms with Crippen molar-refractivity contribution in [3.8, 4) is 5.75 Å². The van der Waals surface area contributed by atoms with Crippen molar-refractivity contribution >= 4 is 21.6 Å². The number of benzene rings is 3. The third-order valence-corrected chi connectivity index (χ3v) is 6.79. The Morgan fingerprint density at radius 3 is 2.52 bits per heavy atom.